The summed E-state index contributed by atoms with van der Waals surface area (Å²) >= 11 is 0. The van der Waals surface area contributed by atoms with E-state index < -0.39 is 0 Å². The van der Waals surface area contributed by atoms with E-state index in [0.717, 1.165) is 30.6 Å². The molecule has 0 bridgehead atoms. The number of benzene rings is 1. The van der Waals surface area contributed by atoms with Gasteiger partial charge in [0.25, 0.3) is 0 Å². The molecule has 2 aromatic rings. The van der Waals surface area contributed by atoms with Gasteiger partial charge in [0.15, 0.2) is 0 Å². The first-order valence-electron chi connectivity index (χ1n) is 6.38. The van der Waals surface area contributed by atoms with Gasteiger partial charge in [0.2, 0.25) is 5.91 Å². The second kappa shape index (κ2) is 4.82. The van der Waals surface area contributed by atoms with Crippen molar-refractivity contribution in [3.63, 3.8) is 0 Å². The van der Waals surface area contributed by atoms with Crippen molar-refractivity contribution in [2.45, 2.75) is 13.0 Å². The number of aromatic amines is 1. The Hall–Kier alpha value is -1.81. The number of carbonyl (C=O) groups excluding carboxylic acids is 1. The molecule has 1 aromatic heterocycles. The van der Waals surface area contributed by atoms with Gasteiger partial charge in [0.1, 0.15) is 0 Å². The first-order valence-corrected chi connectivity index (χ1v) is 6.38. The summed E-state index contributed by atoms with van der Waals surface area (Å²) in [7, 11) is 0. The van der Waals surface area contributed by atoms with Gasteiger partial charge in [-0.3, -0.25) is 4.79 Å². The maximum atomic E-state index is 11.9. The summed E-state index contributed by atoms with van der Waals surface area (Å²) in [6.07, 6.45) is 2.91. The molecule has 1 amide bonds. The number of rotatable bonds is 3. The average Bonchev–Trinajstić information content (AvgIpc) is 3.06. The van der Waals surface area contributed by atoms with Crippen LogP contribution in [-0.4, -0.2) is 24.0 Å². The van der Waals surface area contributed by atoms with Crippen LogP contribution in [0.4, 0.5) is 0 Å². The third-order valence-corrected chi connectivity index (χ3v) is 3.56. The minimum atomic E-state index is 0.134. The number of fused-ring (bicyclic) bond motifs is 1. The van der Waals surface area contributed by atoms with Crippen LogP contribution >= 0.6 is 0 Å². The van der Waals surface area contributed by atoms with E-state index in [1.807, 2.05) is 24.4 Å². The minimum absolute atomic E-state index is 0.134. The molecule has 0 saturated carbocycles. The van der Waals surface area contributed by atoms with Gasteiger partial charge < -0.3 is 15.6 Å². The van der Waals surface area contributed by atoms with Gasteiger partial charge in [-0.2, -0.15) is 0 Å². The van der Waals surface area contributed by atoms with Crippen LogP contribution in [0.15, 0.2) is 30.5 Å². The molecule has 0 aliphatic carbocycles. The number of H-pyrrole nitrogens is 1. The van der Waals surface area contributed by atoms with E-state index >= 15 is 0 Å². The number of hydrogen-bond acceptors (Lipinski definition) is 2. The fraction of sp³-hybridized carbons (Fsp3) is 0.357. The summed E-state index contributed by atoms with van der Waals surface area (Å²) in [5, 5.41) is 7.41. The van der Waals surface area contributed by atoms with E-state index in [-0.39, 0.29) is 11.8 Å². The van der Waals surface area contributed by atoms with Gasteiger partial charge in [-0.15, -0.1) is 0 Å². The van der Waals surface area contributed by atoms with Crippen LogP contribution < -0.4 is 10.6 Å². The number of para-hydroxylation sites is 1. The molecular formula is C14H17N3O. The monoisotopic (exact) mass is 243 g/mol. The van der Waals surface area contributed by atoms with Gasteiger partial charge in [-0.25, -0.2) is 0 Å². The molecule has 1 atom stereocenters. The lowest BCUT2D eigenvalue weighted by Crippen LogP contribution is -2.31. The van der Waals surface area contributed by atoms with E-state index in [4.69, 9.17) is 0 Å². The summed E-state index contributed by atoms with van der Waals surface area (Å²) in [6.45, 7) is 2.35. The molecule has 1 saturated heterocycles. The Labute approximate surface area is 106 Å². The molecule has 1 aliphatic rings. The molecule has 1 unspecified atom stereocenters. The Morgan fingerprint density at radius 2 is 2.28 bits per heavy atom. The summed E-state index contributed by atoms with van der Waals surface area (Å²) in [5.74, 6) is 0.292. The second-order valence-electron chi connectivity index (χ2n) is 4.77. The molecular weight excluding hydrogens is 226 g/mol. The maximum Gasteiger partial charge on any atom is 0.224 e. The van der Waals surface area contributed by atoms with Crippen molar-refractivity contribution >= 4 is 16.8 Å². The maximum absolute atomic E-state index is 11.9. The predicted molar refractivity (Wildman–Crippen MR) is 71.1 cm³/mol. The van der Waals surface area contributed by atoms with Gasteiger partial charge in [-0.1, -0.05) is 18.2 Å². The van der Waals surface area contributed by atoms with Crippen LogP contribution in [0, 0.1) is 5.92 Å². The third kappa shape index (κ3) is 2.11. The lowest BCUT2D eigenvalue weighted by atomic mass is 10.1. The van der Waals surface area contributed by atoms with Gasteiger partial charge >= 0.3 is 0 Å². The Morgan fingerprint density at radius 3 is 3.11 bits per heavy atom. The van der Waals surface area contributed by atoms with Gasteiger partial charge in [-0.05, 0) is 24.6 Å². The lowest BCUT2D eigenvalue weighted by molar-refractivity contribution is -0.124. The standard InChI is InChI=1S/C14H17N3O/c18-14(10-5-6-15-7-10)17-9-11-8-16-13-4-2-1-3-12(11)13/h1-4,8,10,15-16H,5-7,9H2,(H,17,18). The molecule has 1 aliphatic heterocycles. The van der Waals surface area contributed by atoms with Gasteiger partial charge in [0, 0.05) is 30.2 Å². The van der Waals surface area contributed by atoms with Crippen LogP contribution in [-0.2, 0) is 11.3 Å². The lowest BCUT2D eigenvalue weighted by Gasteiger charge is -2.09. The fourth-order valence-electron chi connectivity index (χ4n) is 2.48. The summed E-state index contributed by atoms with van der Waals surface area (Å²) < 4.78 is 0. The van der Waals surface area contributed by atoms with Crippen molar-refractivity contribution in [1.82, 2.24) is 15.6 Å². The zero-order valence-corrected chi connectivity index (χ0v) is 10.2. The highest BCUT2D eigenvalue weighted by Gasteiger charge is 2.21. The van der Waals surface area contributed by atoms with Crippen LogP contribution in [0.5, 0.6) is 0 Å². The average molecular weight is 243 g/mol. The Bertz CT molecular complexity index is 555. The summed E-state index contributed by atoms with van der Waals surface area (Å²) in [5.41, 5.74) is 2.26. The molecule has 4 heteroatoms. The Kier molecular flexibility index (Phi) is 3.02. The van der Waals surface area contributed by atoms with E-state index in [1.165, 1.54) is 5.39 Å². The van der Waals surface area contributed by atoms with Crippen LogP contribution in [0.1, 0.15) is 12.0 Å². The normalized spacial score (nSPS) is 19.2. The molecule has 4 nitrogen and oxygen atoms in total. The second-order valence-corrected chi connectivity index (χ2v) is 4.77. The number of carbonyl (C=O) groups is 1. The van der Waals surface area contributed by atoms with Crippen molar-refractivity contribution in [1.29, 1.82) is 0 Å². The zero-order valence-electron chi connectivity index (χ0n) is 10.2. The number of hydrogen-bond donors (Lipinski definition) is 3. The highest BCUT2D eigenvalue weighted by atomic mass is 16.1. The molecule has 0 spiro atoms. The van der Waals surface area contributed by atoms with E-state index in [1.54, 1.807) is 0 Å². The molecule has 18 heavy (non-hydrogen) atoms. The first-order chi connectivity index (χ1) is 8.84. The quantitative estimate of drug-likeness (QED) is 0.763. The molecule has 1 fully saturated rings. The van der Waals surface area contributed by atoms with Crippen LogP contribution in [0.2, 0.25) is 0 Å². The summed E-state index contributed by atoms with van der Waals surface area (Å²) in [4.78, 5) is 15.1. The van der Waals surface area contributed by atoms with Crippen molar-refractivity contribution in [2.75, 3.05) is 13.1 Å². The van der Waals surface area contributed by atoms with E-state index in [0.29, 0.717) is 6.54 Å². The topological polar surface area (TPSA) is 56.9 Å². The fourth-order valence-corrected chi connectivity index (χ4v) is 2.48. The highest BCUT2D eigenvalue weighted by molar-refractivity contribution is 5.84. The molecule has 3 rings (SSSR count). The summed E-state index contributed by atoms with van der Waals surface area (Å²) in [6, 6.07) is 8.14. The number of nitrogens with one attached hydrogen (secondary N) is 3. The first kappa shape index (κ1) is 11.3. The zero-order chi connectivity index (χ0) is 12.4. The van der Waals surface area contributed by atoms with Gasteiger partial charge in [0.05, 0.1) is 5.92 Å². The van der Waals surface area contributed by atoms with E-state index in [2.05, 4.69) is 21.7 Å². The smallest absolute Gasteiger partial charge is 0.224 e. The Morgan fingerprint density at radius 1 is 1.39 bits per heavy atom. The molecule has 3 N–H and O–H groups in total. The van der Waals surface area contributed by atoms with Crippen molar-refractivity contribution in [3.05, 3.63) is 36.0 Å². The van der Waals surface area contributed by atoms with E-state index in [9.17, 15) is 4.79 Å². The molecule has 0 radical (unpaired) electrons. The van der Waals surface area contributed by atoms with Crippen LogP contribution in [0.3, 0.4) is 0 Å². The SMILES string of the molecule is O=C(NCc1c[nH]c2ccccc12)C1CCNC1. The minimum Gasteiger partial charge on any atom is -0.361 e. The number of aromatic nitrogens is 1. The number of amides is 1. The largest absolute Gasteiger partial charge is 0.361 e. The molecule has 2 heterocycles. The third-order valence-electron chi connectivity index (χ3n) is 3.56. The molecule has 1 aromatic carbocycles. The predicted octanol–water partition coefficient (Wildman–Crippen LogP) is 1.39. The molecule has 94 valence electrons. The van der Waals surface area contributed by atoms with Crippen molar-refractivity contribution < 1.29 is 4.79 Å². The highest BCUT2D eigenvalue weighted by Crippen LogP contribution is 2.17. The van der Waals surface area contributed by atoms with Crippen LogP contribution in [0.25, 0.3) is 10.9 Å². The van der Waals surface area contributed by atoms with Crippen molar-refractivity contribution in [2.24, 2.45) is 5.92 Å². The van der Waals surface area contributed by atoms with Crippen molar-refractivity contribution in [3.8, 4) is 0 Å². The Balaban J connectivity index is 1.67.